The molecular weight excluding hydrogens is 288 g/mol. The van der Waals surface area contributed by atoms with Crippen LogP contribution in [0, 0.1) is 0 Å². The summed E-state index contributed by atoms with van der Waals surface area (Å²) in [5, 5.41) is 0. The predicted octanol–water partition coefficient (Wildman–Crippen LogP) is 3.90. The summed E-state index contributed by atoms with van der Waals surface area (Å²) in [6.45, 7) is 6.53. The third-order valence-electron chi connectivity index (χ3n) is 2.77. The van der Waals surface area contributed by atoms with Gasteiger partial charge in [0, 0.05) is 21.8 Å². The minimum atomic E-state index is 0.176. The number of hydrogen-bond donors (Lipinski definition) is 1. The van der Waals surface area contributed by atoms with Gasteiger partial charge in [0.1, 0.15) is 6.29 Å². The maximum Gasteiger partial charge on any atom is 0.150 e. The van der Waals surface area contributed by atoms with E-state index in [1.54, 1.807) is 12.1 Å². The van der Waals surface area contributed by atoms with Crippen molar-refractivity contribution in [2.24, 2.45) is 0 Å². The van der Waals surface area contributed by atoms with Crippen molar-refractivity contribution in [1.82, 2.24) is 9.97 Å². The van der Waals surface area contributed by atoms with E-state index in [4.69, 9.17) is 0 Å². The highest BCUT2D eigenvalue weighted by atomic mass is 32.2. The highest BCUT2D eigenvalue weighted by Gasteiger charge is 2.14. The van der Waals surface area contributed by atoms with E-state index in [1.807, 2.05) is 17.8 Å². The number of hydrogen-bond acceptors (Lipinski definition) is 5. The fraction of sp³-hybridized carbons (Fsp3) is 0.400. The minimum Gasteiger partial charge on any atom is -0.298 e. The first-order valence-electron chi connectivity index (χ1n) is 6.42. The molecule has 1 heterocycles. The molecule has 2 rings (SSSR count). The molecule has 0 bridgehead atoms. The maximum atomic E-state index is 10.9. The molecule has 0 aliphatic carbocycles. The van der Waals surface area contributed by atoms with Gasteiger partial charge >= 0.3 is 0 Å². The van der Waals surface area contributed by atoms with Crippen molar-refractivity contribution in [3.63, 3.8) is 0 Å². The lowest BCUT2D eigenvalue weighted by Gasteiger charge is -2.18. The van der Waals surface area contributed by atoms with Gasteiger partial charge in [-0.15, -0.1) is 11.8 Å². The molecule has 0 amide bonds. The molecule has 106 valence electrons. The van der Waals surface area contributed by atoms with E-state index in [2.05, 4.69) is 43.4 Å². The fourth-order valence-corrected chi connectivity index (χ4v) is 2.80. The second-order valence-corrected chi connectivity index (χ2v) is 7.66. The van der Waals surface area contributed by atoms with Crippen molar-refractivity contribution in [3.8, 4) is 0 Å². The van der Waals surface area contributed by atoms with E-state index >= 15 is 0 Å². The Morgan fingerprint density at radius 1 is 1.20 bits per heavy atom. The van der Waals surface area contributed by atoms with Crippen LogP contribution in [0.4, 0.5) is 0 Å². The van der Waals surface area contributed by atoms with Gasteiger partial charge < -0.3 is 0 Å². The van der Waals surface area contributed by atoms with Crippen molar-refractivity contribution >= 4 is 41.7 Å². The smallest absolute Gasteiger partial charge is 0.150 e. The van der Waals surface area contributed by atoms with Crippen LogP contribution in [0.3, 0.4) is 0 Å². The first-order chi connectivity index (χ1) is 9.43. The minimum absolute atomic E-state index is 0.176. The van der Waals surface area contributed by atoms with Crippen molar-refractivity contribution in [1.29, 1.82) is 0 Å². The van der Waals surface area contributed by atoms with E-state index in [0.717, 1.165) is 34.5 Å². The molecule has 0 aliphatic heterocycles. The number of benzene rings is 1. The molecule has 0 atom stereocenters. The average molecular weight is 306 g/mol. The van der Waals surface area contributed by atoms with E-state index in [-0.39, 0.29) is 4.75 Å². The number of aromatic nitrogens is 2. The Balaban J connectivity index is 2.43. The normalized spacial score (nSPS) is 11.8. The van der Waals surface area contributed by atoms with Crippen LogP contribution in [0.15, 0.2) is 18.2 Å². The lowest BCUT2D eigenvalue weighted by Crippen LogP contribution is -2.09. The zero-order valence-electron chi connectivity index (χ0n) is 11.9. The molecule has 1 aromatic carbocycles. The zero-order valence-corrected chi connectivity index (χ0v) is 13.6. The monoisotopic (exact) mass is 306 g/mol. The summed E-state index contributed by atoms with van der Waals surface area (Å²) in [5.74, 6) is 1.37. The maximum absolute atomic E-state index is 10.9. The Labute approximate surface area is 129 Å². The molecule has 0 aliphatic rings. The highest BCUT2D eigenvalue weighted by molar-refractivity contribution is 7.99. The van der Waals surface area contributed by atoms with Crippen LogP contribution in [-0.2, 0) is 11.5 Å². The fourth-order valence-electron chi connectivity index (χ4n) is 1.74. The Morgan fingerprint density at radius 2 is 1.90 bits per heavy atom. The van der Waals surface area contributed by atoms with Gasteiger partial charge in [-0.25, -0.2) is 9.97 Å². The Morgan fingerprint density at radius 3 is 2.50 bits per heavy atom. The SMILES string of the molecule is CC(C)(C)SCc1nc2cc(C=O)ccc2nc1CS. The predicted molar refractivity (Wildman–Crippen MR) is 88.7 cm³/mol. The lowest BCUT2D eigenvalue weighted by molar-refractivity contribution is 0.112. The van der Waals surface area contributed by atoms with Crippen LogP contribution < -0.4 is 0 Å². The van der Waals surface area contributed by atoms with Crippen LogP contribution in [-0.4, -0.2) is 21.0 Å². The molecule has 0 unspecified atom stereocenters. The second kappa shape index (κ2) is 6.14. The number of fused-ring (bicyclic) bond motifs is 1. The number of nitrogens with zero attached hydrogens (tertiary/aromatic N) is 2. The van der Waals surface area contributed by atoms with Gasteiger partial charge in [0.2, 0.25) is 0 Å². The Hall–Kier alpha value is -1.07. The number of aldehydes is 1. The van der Waals surface area contributed by atoms with Crippen molar-refractivity contribution in [2.75, 3.05) is 0 Å². The summed E-state index contributed by atoms with van der Waals surface area (Å²) >= 11 is 6.17. The topological polar surface area (TPSA) is 42.9 Å². The molecule has 2 aromatic rings. The molecule has 0 radical (unpaired) electrons. The van der Waals surface area contributed by atoms with Gasteiger partial charge in [0.25, 0.3) is 0 Å². The molecule has 5 heteroatoms. The molecule has 20 heavy (non-hydrogen) atoms. The van der Waals surface area contributed by atoms with Gasteiger partial charge in [-0.3, -0.25) is 4.79 Å². The summed E-state index contributed by atoms with van der Waals surface area (Å²) in [4.78, 5) is 20.1. The van der Waals surface area contributed by atoms with Gasteiger partial charge in [0.05, 0.1) is 22.4 Å². The largest absolute Gasteiger partial charge is 0.298 e. The quantitative estimate of drug-likeness (QED) is 0.687. The number of thiol groups is 1. The third kappa shape index (κ3) is 3.73. The van der Waals surface area contributed by atoms with Crippen molar-refractivity contribution < 1.29 is 4.79 Å². The zero-order chi connectivity index (χ0) is 14.8. The second-order valence-electron chi connectivity index (χ2n) is 5.54. The molecule has 0 saturated heterocycles. The molecular formula is C15H18N2OS2. The lowest BCUT2D eigenvalue weighted by atomic mass is 10.2. The van der Waals surface area contributed by atoms with E-state index in [1.165, 1.54) is 0 Å². The molecule has 0 spiro atoms. The summed E-state index contributed by atoms with van der Waals surface area (Å²) in [5.41, 5.74) is 4.07. The van der Waals surface area contributed by atoms with Crippen molar-refractivity contribution in [3.05, 3.63) is 35.2 Å². The summed E-state index contributed by atoms with van der Waals surface area (Å²) in [6, 6.07) is 5.37. The van der Waals surface area contributed by atoms with Gasteiger partial charge in [0.15, 0.2) is 0 Å². The summed E-state index contributed by atoms with van der Waals surface area (Å²) in [7, 11) is 0. The third-order valence-corrected chi connectivity index (χ3v) is 4.35. The van der Waals surface area contributed by atoms with Gasteiger partial charge in [-0.2, -0.15) is 12.6 Å². The van der Waals surface area contributed by atoms with E-state index in [9.17, 15) is 4.79 Å². The number of carbonyl (C=O) groups excluding carboxylic acids is 1. The summed E-state index contributed by atoms with van der Waals surface area (Å²) < 4.78 is 0.176. The number of thioether (sulfide) groups is 1. The molecule has 0 saturated carbocycles. The Kier molecular flexibility index (Phi) is 4.70. The van der Waals surface area contributed by atoms with Gasteiger partial charge in [-0.05, 0) is 18.2 Å². The highest BCUT2D eigenvalue weighted by Crippen LogP contribution is 2.28. The van der Waals surface area contributed by atoms with Crippen LogP contribution in [0.25, 0.3) is 11.0 Å². The van der Waals surface area contributed by atoms with Crippen LogP contribution in [0.2, 0.25) is 0 Å². The van der Waals surface area contributed by atoms with Gasteiger partial charge in [-0.1, -0.05) is 20.8 Å². The number of carbonyl (C=O) groups is 1. The summed E-state index contributed by atoms with van der Waals surface area (Å²) in [6.07, 6.45) is 0.831. The standard InChI is InChI=1S/C15H18N2OS2/c1-15(2,3)20-9-14-13(8-19)16-11-5-4-10(7-18)6-12(11)17-14/h4-7,19H,8-9H2,1-3H3. The van der Waals surface area contributed by atoms with Crippen LogP contribution in [0.5, 0.6) is 0 Å². The van der Waals surface area contributed by atoms with E-state index < -0.39 is 0 Å². The number of rotatable bonds is 4. The van der Waals surface area contributed by atoms with Crippen molar-refractivity contribution in [2.45, 2.75) is 37.0 Å². The molecule has 0 N–H and O–H groups in total. The first kappa shape index (κ1) is 15.3. The average Bonchev–Trinajstić information content (AvgIpc) is 2.42. The first-order valence-corrected chi connectivity index (χ1v) is 8.04. The Bertz CT molecular complexity index is 636. The molecule has 1 aromatic heterocycles. The van der Waals surface area contributed by atoms with Crippen LogP contribution >= 0.6 is 24.4 Å². The molecule has 0 fully saturated rings. The van der Waals surface area contributed by atoms with E-state index in [0.29, 0.717) is 11.3 Å². The molecule has 3 nitrogen and oxygen atoms in total. The van der Waals surface area contributed by atoms with Crippen LogP contribution in [0.1, 0.15) is 42.5 Å².